The molecule has 152 valence electrons. The Balaban J connectivity index is -0.00000288. The summed E-state index contributed by atoms with van der Waals surface area (Å²) in [6.45, 7) is 3.06. The van der Waals surface area contributed by atoms with E-state index in [0.29, 0.717) is 5.75 Å². The molecule has 1 atom stereocenters. The van der Waals surface area contributed by atoms with E-state index in [4.69, 9.17) is 5.11 Å². The maximum absolute atomic E-state index is 10.8. The van der Waals surface area contributed by atoms with Gasteiger partial charge < -0.3 is 11.8 Å². The zero-order chi connectivity index (χ0) is 18.6. The molecule has 0 amide bonds. The first-order valence-corrected chi connectivity index (χ1v) is 11.4. The van der Waals surface area contributed by atoms with Gasteiger partial charge in [0.2, 0.25) is 0 Å². The van der Waals surface area contributed by atoms with E-state index in [1.165, 1.54) is 96.3 Å². The quantitative estimate of drug-likeness (QED) is 0.168. The van der Waals surface area contributed by atoms with E-state index in [9.17, 15) is 4.79 Å². The topological polar surface area (TPSA) is 49.3 Å². The van der Waals surface area contributed by atoms with E-state index < -0.39 is 12.0 Å². The van der Waals surface area contributed by atoms with Crippen molar-refractivity contribution in [3.8, 4) is 0 Å². The summed E-state index contributed by atoms with van der Waals surface area (Å²) in [5, 5.41) is 11.9. The largest absolute Gasteiger partial charge is 1.00 e. The number of thiol groups is 1. The van der Waals surface area contributed by atoms with Gasteiger partial charge in [0.1, 0.15) is 6.04 Å². The maximum Gasteiger partial charge on any atom is 1.00 e. The minimum Gasteiger partial charge on any atom is -1.00 e. The van der Waals surface area contributed by atoms with Crippen LogP contribution in [-0.2, 0) is 4.79 Å². The average molecular weight is 398 g/mol. The van der Waals surface area contributed by atoms with Gasteiger partial charge in [0, 0.05) is 5.75 Å². The number of unbranched alkanes of at least 4 members (excludes halogenated alkanes) is 15. The normalized spacial score (nSPS) is 11.9. The van der Waals surface area contributed by atoms with Crippen LogP contribution in [0.5, 0.6) is 0 Å². The van der Waals surface area contributed by atoms with Gasteiger partial charge in [0.05, 0.1) is 0 Å². The summed E-state index contributed by atoms with van der Waals surface area (Å²) in [5.41, 5.74) is 0. The first kappa shape index (κ1) is 29.0. The fourth-order valence-corrected chi connectivity index (χ4v) is 3.46. The predicted molar refractivity (Wildman–Crippen MR) is 114 cm³/mol. The Kier molecular flexibility index (Phi) is 26.6. The minimum atomic E-state index is -0.800. The third kappa shape index (κ3) is 21.1. The standard InChI is InChI=1S/C21H43NO2S.Na.H/c1-2-3-4-5-6-7-8-9-10-11-12-13-14-15-16-17-18-22-20(19-25)21(23)24;;/h20,22,25H,2-19H2,1H3,(H,23,24);;/q;+1;-1. The second-order valence-electron chi connectivity index (χ2n) is 7.33. The Morgan fingerprint density at radius 2 is 1.15 bits per heavy atom. The van der Waals surface area contributed by atoms with Crippen LogP contribution in [0.2, 0.25) is 0 Å². The first-order valence-electron chi connectivity index (χ1n) is 10.8. The summed E-state index contributed by atoms with van der Waals surface area (Å²) in [7, 11) is 0. The number of hydrogen-bond acceptors (Lipinski definition) is 3. The van der Waals surface area contributed by atoms with Crippen LogP contribution in [0, 0.1) is 0 Å². The first-order chi connectivity index (χ1) is 12.2. The van der Waals surface area contributed by atoms with Gasteiger partial charge in [0.25, 0.3) is 0 Å². The number of carboxylic acid groups (broad SMARTS) is 1. The summed E-state index contributed by atoms with van der Waals surface area (Å²) in [6.07, 6.45) is 21.8. The van der Waals surface area contributed by atoms with Gasteiger partial charge in [-0.05, 0) is 13.0 Å². The smallest absolute Gasteiger partial charge is 1.00 e. The van der Waals surface area contributed by atoms with Crippen molar-refractivity contribution < 1.29 is 40.9 Å². The van der Waals surface area contributed by atoms with Crippen LogP contribution >= 0.6 is 12.6 Å². The predicted octanol–water partition coefficient (Wildman–Crippen LogP) is 3.34. The molecule has 0 aliphatic carbocycles. The Hall–Kier alpha value is 0.780. The summed E-state index contributed by atoms with van der Waals surface area (Å²) in [4.78, 5) is 10.8. The number of nitrogens with one attached hydrogen (secondary N) is 1. The molecule has 0 bridgehead atoms. The fourth-order valence-electron chi connectivity index (χ4n) is 3.18. The van der Waals surface area contributed by atoms with Gasteiger partial charge in [-0.25, -0.2) is 0 Å². The molecule has 0 aliphatic rings. The molecule has 0 aromatic heterocycles. The van der Waals surface area contributed by atoms with Gasteiger partial charge in [-0.3, -0.25) is 4.79 Å². The molecule has 0 heterocycles. The number of carbonyl (C=O) groups is 1. The van der Waals surface area contributed by atoms with Crippen molar-refractivity contribution in [1.29, 1.82) is 0 Å². The van der Waals surface area contributed by atoms with E-state index in [1.807, 2.05) is 0 Å². The number of rotatable bonds is 20. The van der Waals surface area contributed by atoms with Crippen LogP contribution in [0.15, 0.2) is 0 Å². The van der Waals surface area contributed by atoms with Gasteiger partial charge in [-0.15, -0.1) is 0 Å². The molecule has 2 N–H and O–H groups in total. The molecule has 0 rings (SSSR count). The van der Waals surface area contributed by atoms with Crippen molar-refractivity contribution in [2.75, 3.05) is 12.3 Å². The molecule has 0 saturated heterocycles. The Morgan fingerprint density at radius 1 is 0.808 bits per heavy atom. The number of hydrogen-bond donors (Lipinski definition) is 3. The second kappa shape index (κ2) is 23.8. The summed E-state index contributed by atoms with van der Waals surface area (Å²) >= 11 is 4.05. The SMILES string of the molecule is CCCCCCCCCCCCCCCCCCNC(CS)C(=O)O.[H-].[Na+]. The molecule has 0 aromatic carbocycles. The van der Waals surface area contributed by atoms with E-state index >= 15 is 0 Å². The van der Waals surface area contributed by atoms with E-state index in [1.54, 1.807) is 0 Å². The zero-order valence-corrected chi connectivity index (χ0v) is 20.5. The monoisotopic (exact) mass is 397 g/mol. The van der Waals surface area contributed by atoms with Crippen molar-refractivity contribution in [2.45, 2.75) is 116 Å². The van der Waals surface area contributed by atoms with Crippen LogP contribution < -0.4 is 34.9 Å². The van der Waals surface area contributed by atoms with E-state index in [-0.39, 0.29) is 31.0 Å². The van der Waals surface area contributed by atoms with Crippen LogP contribution in [0.1, 0.15) is 111 Å². The number of carboxylic acids is 1. The van der Waals surface area contributed by atoms with Gasteiger partial charge in [0.15, 0.2) is 0 Å². The molecule has 0 spiro atoms. The molecule has 3 nitrogen and oxygen atoms in total. The van der Waals surface area contributed by atoms with Crippen LogP contribution in [0.4, 0.5) is 0 Å². The van der Waals surface area contributed by atoms with Gasteiger partial charge in [-0.1, -0.05) is 103 Å². The Labute approximate surface area is 192 Å². The molecule has 26 heavy (non-hydrogen) atoms. The third-order valence-corrected chi connectivity index (χ3v) is 5.27. The molecule has 0 radical (unpaired) electrons. The molecule has 1 unspecified atom stereocenters. The van der Waals surface area contributed by atoms with E-state index in [0.717, 1.165) is 13.0 Å². The van der Waals surface area contributed by atoms with Crippen LogP contribution in [0.25, 0.3) is 0 Å². The van der Waals surface area contributed by atoms with Gasteiger partial charge >= 0.3 is 35.5 Å². The summed E-state index contributed by atoms with van der Waals surface area (Å²) < 4.78 is 0. The zero-order valence-electron chi connectivity index (χ0n) is 18.6. The second-order valence-corrected chi connectivity index (χ2v) is 7.70. The van der Waals surface area contributed by atoms with Crippen molar-refractivity contribution in [3.05, 3.63) is 0 Å². The van der Waals surface area contributed by atoms with Crippen LogP contribution in [-0.4, -0.2) is 29.4 Å². The molecular formula is C21H44NNaO2S. The van der Waals surface area contributed by atoms with Crippen molar-refractivity contribution in [3.63, 3.8) is 0 Å². The molecule has 0 fully saturated rings. The molecular weight excluding hydrogens is 353 g/mol. The minimum absolute atomic E-state index is 0. The van der Waals surface area contributed by atoms with Gasteiger partial charge in [-0.2, -0.15) is 12.6 Å². The average Bonchev–Trinajstić information content (AvgIpc) is 2.60. The van der Waals surface area contributed by atoms with Crippen molar-refractivity contribution >= 4 is 18.6 Å². The van der Waals surface area contributed by atoms with E-state index in [2.05, 4.69) is 24.9 Å². The van der Waals surface area contributed by atoms with Crippen molar-refractivity contribution in [2.24, 2.45) is 0 Å². The fraction of sp³-hybridized carbons (Fsp3) is 0.952. The third-order valence-electron chi connectivity index (χ3n) is 4.90. The van der Waals surface area contributed by atoms with Crippen LogP contribution in [0.3, 0.4) is 0 Å². The summed E-state index contributed by atoms with van der Waals surface area (Å²) in [6, 6.07) is -0.500. The Bertz CT molecular complexity index is 299. The molecule has 0 aliphatic heterocycles. The molecule has 0 aromatic rings. The molecule has 5 heteroatoms. The number of aliphatic carboxylic acids is 1. The van der Waals surface area contributed by atoms with Crippen molar-refractivity contribution in [1.82, 2.24) is 5.32 Å². The maximum atomic E-state index is 10.8. The summed E-state index contributed by atoms with van der Waals surface area (Å²) in [5.74, 6) is -0.444. The Morgan fingerprint density at radius 3 is 1.46 bits per heavy atom. The molecule has 0 saturated carbocycles.